The molecule has 1 atom stereocenters. The number of aliphatic hydroxyl groups excluding tert-OH is 1. The van der Waals surface area contributed by atoms with Crippen LogP contribution in [0.2, 0.25) is 0 Å². The highest BCUT2D eigenvalue weighted by Crippen LogP contribution is 2.42. The number of ether oxygens (including phenoxy) is 3. The number of likely N-dealkylation sites (tertiary alicyclic amines) is 1. The smallest absolute Gasteiger partial charge is 0.295 e. The second kappa shape index (κ2) is 12.4. The molecule has 0 radical (unpaired) electrons. The molecule has 0 aromatic heterocycles. The Morgan fingerprint density at radius 1 is 1.00 bits per heavy atom. The molecule has 2 fully saturated rings. The van der Waals surface area contributed by atoms with Crippen LogP contribution in [-0.2, 0) is 24.3 Å². The molecule has 40 heavy (non-hydrogen) atoms. The van der Waals surface area contributed by atoms with Gasteiger partial charge in [-0.2, -0.15) is 0 Å². The Kier molecular flexibility index (Phi) is 9.14. The summed E-state index contributed by atoms with van der Waals surface area (Å²) >= 11 is 0. The van der Waals surface area contributed by atoms with Gasteiger partial charge in [-0.1, -0.05) is 6.07 Å². The molecule has 2 aromatic carbocycles. The maximum atomic E-state index is 13.4. The molecule has 2 saturated heterocycles. The number of hydrogen-bond acceptors (Lipinski definition) is 9. The Morgan fingerprint density at radius 2 is 1.65 bits per heavy atom. The quantitative estimate of drug-likeness (QED) is 0.258. The molecule has 11 nitrogen and oxygen atoms in total. The van der Waals surface area contributed by atoms with Crippen molar-refractivity contribution in [3.8, 4) is 11.5 Å². The Balaban J connectivity index is 1.74. The Labute approximate surface area is 234 Å². The Morgan fingerprint density at radius 3 is 2.25 bits per heavy atom. The molecule has 2 aromatic rings. The van der Waals surface area contributed by atoms with E-state index in [0.29, 0.717) is 36.7 Å². The number of benzene rings is 2. The van der Waals surface area contributed by atoms with Gasteiger partial charge in [-0.25, -0.2) is 12.7 Å². The molecule has 1 unspecified atom stereocenters. The number of ketones is 1. The predicted molar refractivity (Wildman–Crippen MR) is 148 cm³/mol. The number of aliphatic hydroxyl groups is 1. The number of morpholine rings is 1. The van der Waals surface area contributed by atoms with E-state index in [1.54, 1.807) is 18.2 Å². The summed E-state index contributed by atoms with van der Waals surface area (Å²) in [5, 5.41) is 11.4. The largest absolute Gasteiger partial charge is 0.507 e. The van der Waals surface area contributed by atoms with Crippen LogP contribution in [0.3, 0.4) is 0 Å². The lowest BCUT2D eigenvalue weighted by molar-refractivity contribution is -0.140. The molecule has 0 aliphatic carbocycles. The molecule has 2 aliphatic heterocycles. The van der Waals surface area contributed by atoms with Crippen molar-refractivity contribution in [3.05, 3.63) is 59.2 Å². The van der Waals surface area contributed by atoms with Gasteiger partial charge in [-0.05, 0) is 48.4 Å². The van der Waals surface area contributed by atoms with Crippen molar-refractivity contribution in [2.24, 2.45) is 0 Å². The van der Waals surface area contributed by atoms with Gasteiger partial charge in [0.25, 0.3) is 11.7 Å². The standard InChI is InChI=1S/C28H35N3O8S/c1-29(2)40(35,36)21-9-6-19(7-10-21)26(32)24-25(20-8-11-22(37-3)23(18-20)38-4)31(28(34)27(24)33)13-5-12-30-14-16-39-17-15-30/h6-11,18,25,32H,5,12-17H2,1-4H3. The fourth-order valence-electron chi connectivity index (χ4n) is 4.92. The fraction of sp³-hybridized carbons (Fsp3) is 0.429. The Hall–Kier alpha value is -3.45. The minimum absolute atomic E-state index is 0.0362. The zero-order valence-electron chi connectivity index (χ0n) is 23.1. The van der Waals surface area contributed by atoms with Gasteiger partial charge < -0.3 is 24.2 Å². The minimum atomic E-state index is -3.69. The van der Waals surface area contributed by atoms with E-state index in [-0.39, 0.29) is 28.3 Å². The summed E-state index contributed by atoms with van der Waals surface area (Å²) in [4.78, 5) is 30.4. The van der Waals surface area contributed by atoms with Crippen LogP contribution >= 0.6 is 0 Å². The van der Waals surface area contributed by atoms with Gasteiger partial charge in [0.2, 0.25) is 10.0 Å². The van der Waals surface area contributed by atoms with Crippen molar-refractivity contribution in [3.63, 3.8) is 0 Å². The van der Waals surface area contributed by atoms with E-state index in [9.17, 15) is 23.1 Å². The number of Topliss-reactive ketones (excluding diaryl/α,β-unsaturated/α-hetero) is 1. The van der Waals surface area contributed by atoms with Crippen LogP contribution in [0.25, 0.3) is 5.76 Å². The van der Waals surface area contributed by atoms with Gasteiger partial charge in [-0.3, -0.25) is 14.5 Å². The van der Waals surface area contributed by atoms with Gasteiger partial charge in [0.05, 0.1) is 43.9 Å². The van der Waals surface area contributed by atoms with Gasteiger partial charge >= 0.3 is 0 Å². The van der Waals surface area contributed by atoms with Crippen molar-refractivity contribution in [1.29, 1.82) is 0 Å². The second-order valence-electron chi connectivity index (χ2n) is 9.73. The van der Waals surface area contributed by atoms with Crippen LogP contribution in [0.4, 0.5) is 0 Å². The summed E-state index contributed by atoms with van der Waals surface area (Å²) < 4.78 is 42.3. The van der Waals surface area contributed by atoms with Crippen molar-refractivity contribution in [2.75, 3.05) is 67.7 Å². The lowest BCUT2D eigenvalue weighted by Crippen LogP contribution is -2.38. The molecule has 1 N–H and O–H groups in total. The number of carbonyl (C=O) groups excluding carboxylic acids is 2. The zero-order chi connectivity index (χ0) is 29.0. The van der Waals surface area contributed by atoms with Gasteiger partial charge in [0, 0.05) is 45.8 Å². The number of carbonyl (C=O) groups is 2. The van der Waals surface area contributed by atoms with E-state index in [1.807, 2.05) is 0 Å². The van der Waals surface area contributed by atoms with Crippen LogP contribution in [0.5, 0.6) is 11.5 Å². The third kappa shape index (κ3) is 5.85. The lowest BCUT2D eigenvalue weighted by Gasteiger charge is -2.29. The van der Waals surface area contributed by atoms with Crippen LogP contribution in [0, 0.1) is 0 Å². The number of sulfonamides is 1. The van der Waals surface area contributed by atoms with Crippen LogP contribution in [0.1, 0.15) is 23.6 Å². The van der Waals surface area contributed by atoms with Gasteiger partial charge in [0.15, 0.2) is 11.5 Å². The predicted octanol–water partition coefficient (Wildman–Crippen LogP) is 2.10. The maximum absolute atomic E-state index is 13.4. The summed E-state index contributed by atoms with van der Waals surface area (Å²) in [7, 11) is 2.16. The normalized spacial score (nSPS) is 19.8. The number of rotatable bonds is 10. The lowest BCUT2D eigenvalue weighted by atomic mass is 9.95. The van der Waals surface area contributed by atoms with Crippen LogP contribution in [0.15, 0.2) is 52.9 Å². The number of amides is 1. The van der Waals surface area contributed by atoms with E-state index >= 15 is 0 Å². The first-order valence-electron chi connectivity index (χ1n) is 12.9. The first kappa shape index (κ1) is 29.5. The topological polar surface area (TPSA) is 126 Å². The summed E-state index contributed by atoms with van der Waals surface area (Å²) in [5.41, 5.74) is 0.706. The zero-order valence-corrected chi connectivity index (χ0v) is 23.9. The second-order valence-corrected chi connectivity index (χ2v) is 11.9. The molecule has 2 aliphatic rings. The number of hydrogen-bond donors (Lipinski definition) is 1. The molecule has 1 amide bonds. The highest BCUT2D eigenvalue weighted by Gasteiger charge is 2.46. The highest BCUT2D eigenvalue weighted by molar-refractivity contribution is 7.89. The van der Waals surface area contributed by atoms with E-state index in [4.69, 9.17) is 14.2 Å². The molecule has 0 spiro atoms. The van der Waals surface area contributed by atoms with E-state index < -0.39 is 27.8 Å². The molecule has 0 saturated carbocycles. The van der Waals surface area contributed by atoms with Gasteiger partial charge in [0.1, 0.15) is 5.76 Å². The summed E-state index contributed by atoms with van der Waals surface area (Å²) in [6.07, 6.45) is 0.619. The third-order valence-electron chi connectivity index (χ3n) is 7.15. The first-order valence-corrected chi connectivity index (χ1v) is 14.4. The number of methoxy groups -OCH3 is 2. The van der Waals surface area contributed by atoms with E-state index in [1.165, 1.54) is 57.5 Å². The molecule has 4 rings (SSSR count). The van der Waals surface area contributed by atoms with E-state index in [0.717, 1.165) is 23.9 Å². The monoisotopic (exact) mass is 573 g/mol. The molecule has 216 valence electrons. The molecular formula is C28H35N3O8S. The van der Waals surface area contributed by atoms with Crippen molar-refractivity contribution in [1.82, 2.24) is 14.1 Å². The average molecular weight is 574 g/mol. The SMILES string of the molecule is COc1ccc(C2C(=C(O)c3ccc(S(=O)(=O)N(C)C)cc3)C(=O)C(=O)N2CCCN2CCOCC2)cc1OC. The molecule has 2 heterocycles. The molecule has 12 heteroatoms. The first-order chi connectivity index (χ1) is 19.1. The molecule has 0 bridgehead atoms. The average Bonchev–Trinajstić information content (AvgIpc) is 3.22. The fourth-order valence-corrected chi connectivity index (χ4v) is 5.82. The van der Waals surface area contributed by atoms with E-state index in [2.05, 4.69) is 4.90 Å². The third-order valence-corrected chi connectivity index (χ3v) is 8.98. The summed E-state index contributed by atoms with van der Waals surface area (Å²) in [5.74, 6) is -1.02. The highest BCUT2D eigenvalue weighted by atomic mass is 32.2. The molecular weight excluding hydrogens is 538 g/mol. The minimum Gasteiger partial charge on any atom is -0.507 e. The van der Waals surface area contributed by atoms with Crippen molar-refractivity contribution in [2.45, 2.75) is 17.4 Å². The van der Waals surface area contributed by atoms with Crippen LogP contribution < -0.4 is 9.47 Å². The maximum Gasteiger partial charge on any atom is 0.295 e. The number of nitrogens with zero attached hydrogens (tertiary/aromatic N) is 3. The van der Waals surface area contributed by atoms with Gasteiger partial charge in [-0.15, -0.1) is 0 Å². The van der Waals surface area contributed by atoms with Crippen LogP contribution in [-0.4, -0.2) is 107 Å². The summed E-state index contributed by atoms with van der Waals surface area (Å²) in [6, 6.07) is 9.77. The van der Waals surface area contributed by atoms with Crippen molar-refractivity contribution >= 4 is 27.5 Å². The van der Waals surface area contributed by atoms with Crippen molar-refractivity contribution < 1.29 is 37.3 Å². The summed E-state index contributed by atoms with van der Waals surface area (Å²) in [6.45, 7) is 3.94. The Bertz CT molecular complexity index is 1380.